The summed E-state index contributed by atoms with van der Waals surface area (Å²) in [7, 11) is 0. The second-order valence-electron chi connectivity index (χ2n) is 19.0. The van der Waals surface area contributed by atoms with E-state index in [0.29, 0.717) is 6.42 Å². The maximum Gasteiger partial charge on any atom is 0.220 e. The molecule has 0 fully saturated rings. The van der Waals surface area contributed by atoms with Crippen LogP contribution in [0.2, 0.25) is 0 Å². The van der Waals surface area contributed by atoms with Crippen molar-refractivity contribution >= 4 is 5.91 Å². The Bertz CT molecular complexity index is 1040. The maximum absolute atomic E-state index is 12.4. The molecule has 4 nitrogen and oxygen atoms in total. The predicted molar refractivity (Wildman–Crippen MR) is 281 cm³/mol. The minimum Gasteiger partial charge on any atom is -0.394 e. The number of allylic oxidation sites excluding steroid dienone is 9. The van der Waals surface area contributed by atoms with Gasteiger partial charge in [-0.2, -0.15) is 0 Å². The normalized spacial score (nSPS) is 13.3. The number of nitrogens with one attached hydrogen (secondary N) is 1. The van der Waals surface area contributed by atoms with Crippen LogP contribution in [0.25, 0.3) is 0 Å². The standard InChI is InChI=1S/C59H109NO3/c1-3-5-7-9-11-13-15-17-19-20-21-22-23-24-25-26-27-28-29-30-31-32-33-34-35-36-37-38-39-40-41-43-45-47-49-51-53-55-59(63)60-57(56-61)58(62)54-52-50-48-46-44-42-18-16-14-12-10-8-6-4-2/h14,16,25-26,28-29,44,46,52,54,57-58,61-62H,3-13,15,17-24,27,30-43,45,47-51,53,55-56H2,1-2H3,(H,60,63)/b16-14+,26-25-,29-28-,46-44+,54-52+. The Hall–Kier alpha value is -1.91. The largest absolute Gasteiger partial charge is 0.394 e. The molecule has 0 spiro atoms. The summed E-state index contributed by atoms with van der Waals surface area (Å²) < 4.78 is 0. The summed E-state index contributed by atoms with van der Waals surface area (Å²) in [5.41, 5.74) is 0. The predicted octanol–water partition coefficient (Wildman–Crippen LogP) is 18.4. The van der Waals surface area contributed by atoms with Gasteiger partial charge in [0.25, 0.3) is 0 Å². The van der Waals surface area contributed by atoms with Crippen LogP contribution in [0.15, 0.2) is 60.8 Å². The van der Waals surface area contributed by atoms with Crippen molar-refractivity contribution in [3.8, 4) is 0 Å². The lowest BCUT2D eigenvalue weighted by Crippen LogP contribution is -2.45. The molecule has 2 atom stereocenters. The van der Waals surface area contributed by atoms with Gasteiger partial charge in [-0.1, -0.05) is 267 Å². The van der Waals surface area contributed by atoms with Gasteiger partial charge in [0.2, 0.25) is 5.91 Å². The number of hydrogen-bond acceptors (Lipinski definition) is 3. The molecule has 0 aliphatic heterocycles. The SMILES string of the molecule is CCCCCC/C=C/CC/C=C/CC/C=C/C(O)C(CO)NC(=O)CCCCCCCCCCCCCCCCCCC/C=C\C/C=C\CCCCCCCCCCCCCCC. The van der Waals surface area contributed by atoms with Crippen LogP contribution in [0.4, 0.5) is 0 Å². The Kier molecular flexibility index (Phi) is 52.8. The number of unbranched alkanes of at least 4 members (excludes halogenated alkanes) is 36. The second-order valence-corrected chi connectivity index (χ2v) is 19.0. The van der Waals surface area contributed by atoms with Crippen LogP contribution in [-0.2, 0) is 4.79 Å². The number of aliphatic hydroxyl groups is 2. The molecule has 4 heteroatoms. The molecule has 3 N–H and O–H groups in total. The molecule has 0 aliphatic carbocycles. The van der Waals surface area contributed by atoms with E-state index in [9.17, 15) is 15.0 Å². The molecule has 0 bridgehead atoms. The van der Waals surface area contributed by atoms with E-state index in [4.69, 9.17) is 0 Å². The Labute approximate surface area is 394 Å². The molecule has 63 heavy (non-hydrogen) atoms. The number of amides is 1. The second kappa shape index (κ2) is 54.4. The lowest BCUT2D eigenvalue weighted by Gasteiger charge is -2.19. The smallest absolute Gasteiger partial charge is 0.220 e. The molecule has 2 unspecified atom stereocenters. The molecule has 0 radical (unpaired) electrons. The zero-order valence-electron chi connectivity index (χ0n) is 42.3. The van der Waals surface area contributed by atoms with E-state index < -0.39 is 12.1 Å². The van der Waals surface area contributed by atoms with Crippen molar-refractivity contribution < 1.29 is 15.0 Å². The Morgan fingerprint density at radius 3 is 1.03 bits per heavy atom. The third-order valence-corrected chi connectivity index (χ3v) is 12.7. The molecule has 0 saturated carbocycles. The van der Waals surface area contributed by atoms with E-state index in [-0.39, 0.29) is 12.5 Å². The van der Waals surface area contributed by atoms with E-state index in [2.05, 4.69) is 67.8 Å². The molecule has 0 aromatic rings. The summed E-state index contributed by atoms with van der Waals surface area (Å²) in [6.45, 7) is 4.28. The molecule has 368 valence electrons. The van der Waals surface area contributed by atoms with Gasteiger partial charge in [-0.15, -0.1) is 0 Å². The highest BCUT2D eigenvalue weighted by atomic mass is 16.3. The van der Waals surface area contributed by atoms with Crippen molar-refractivity contribution in [1.29, 1.82) is 0 Å². The van der Waals surface area contributed by atoms with E-state index in [1.165, 1.54) is 225 Å². The molecule has 0 aromatic carbocycles. The quantitative estimate of drug-likeness (QED) is 0.0421. The Morgan fingerprint density at radius 1 is 0.381 bits per heavy atom. The average molecular weight is 881 g/mol. The molecule has 0 aliphatic rings. The summed E-state index contributed by atoms with van der Waals surface area (Å²) in [6, 6.07) is -0.646. The number of aliphatic hydroxyl groups excluding tert-OH is 2. The van der Waals surface area contributed by atoms with E-state index >= 15 is 0 Å². The molecular formula is C59H109NO3. The van der Waals surface area contributed by atoms with Gasteiger partial charge in [0, 0.05) is 6.42 Å². The third-order valence-electron chi connectivity index (χ3n) is 12.7. The van der Waals surface area contributed by atoms with Crippen molar-refractivity contribution in [3.63, 3.8) is 0 Å². The van der Waals surface area contributed by atoms with Crippen LogP contribution in [0, 0.1) is 0 Å². The highest BCUT2D eigenvalue weighted by Crippen LogP contribution is 2.16. The average Bonchev–Trinajstić information content (AvgIpc) is 3.29. The lowest BCUT2D eigenvalue weighted by atomic mass is 10.0. The van der Waals surface area contributed by atoms with Crippen LogP contribution in [-0.4, -0.2) is 34.9 Å². The minimum absolute atomic E-state index is 0.0772. The Balaban J connectivity index is 3.46. The van der Waals surface area contributed by atoms with Gasteiger partial charge in [-0.3, -0.25) is 4.79 Å². The van der Waals surface area contributed by atoms with Gasteiger partial charge in [0.05, 0.1) is 18.8 Å². The van der Waals surface area contributed by atoms with Crippen LogP contribution in [0.5, 0.6) is 0 Å². The van der Waals surface area contributed by atoms with E-state index in [0.717, 1.165) is 44.9 Å². The van der Waals surface area contributed by atoms with Gasteiger partial charge < -0.3 is 15.5 Å². The molecule has 0 rings (SSSR count). The maximum atomic E-state index is 12.4. The van der Waals surface area contributed by atoms with Crippen LogP contribution < -0.4 is 5.32 Å². The zero-order chi connectivity index (χ0) is 45.6. The topological polar surface area (TPSA) is 69.6 Å². The fraction of sp³-hybridized carbons (Fsp3) is 0.814. The van der Waals surface area contributed by atoms with Gasteiger partial charge in [0.15, 0.2) is 0 Å². The van der Waals surface area contributed by atoms with Gasteiger partial charge in [-0.25, -0.2) is 0 Å². The monoisotopic (exact) mass is 880 g/mol. The fourth-order valence-electron chi connectivity index (χ4n) is 8.42. The summed E-state index contributed by atoms with van der Waals surface area (Å²) in [5.74, 6) is -0.0772. The molecular weight excluding hydrogens is 771 g/mol. The Morgan fingerprint density at radius 2 is 0.667 bits per heavy atom. The highest BCUT2D eigenvalue weighted by molar-refractivity contribution is 5.76. The van der Waals surface area contributed by atoms with E-state index in [1.807, 2.05) is 6.08 Å². The summed E-state index contributed by atoms with van der Waals surface area (Å²) in [6.07, 6.45) is 76.8. The van der Waals surface area contributed by atoms with Crippen LogP contribution >= 0.6 is 0 Å². The van der Waals surface area contributed by atoms with E-state index in [1.54, 1.807) is 6.08 Å². The first kappa shape index (κ1) is 61.1. The fourth-order valence-corrected chi connectivity index (χ4v) is 8.42. The highest BCUT2D eigenvalue weighted by Gasteiger charge is 2.18. The van der Waals surface area contributed by atoms with Crippen molar-refractivity contribution in [2.45, 2.75) is 302 Å². The summed E-state index contributed by atoms with van der Waals surface area (Å²) in [5, 5.41) is 23.0. The van der Waals surface area contributed by atoms with Crippen LogP contribution in [0.3, 0.4) is 0 Å². The summed E-state index contributed by atoms with van der Waals surface area (Å²) in [4.78, 5) is 12.4. The van der Waals surface area contributed by atoms with Crippen molar-refractivity contribution in [3.05, 3.63) is 60.8 Å². The first-order valence-corrected chi connectivity index (χ1v) is 28.0. The first-order chi connectivity index (χ1) is 31.2. The molecule has 1 amide bonds. The van der Waals surface area contributed by atoms with Gasteiger partial charge >= 0.3 is 0 Å². The number of hydrogen-bond donors (Lipinski definition) is 3. The number of rotatable bonds is 51. The zero-order valence-corrected chi connectivity index (χ0v) is 42.3. The molecule has 0 aromatic heterocycles. The van der Waals surface area contributed by atoms with Gasteiger partial charge in [-0.05, 0) is 77.0 Å². The lowest BCUT2D eigenvalue weighted by molar-refractivity contribution is -0.123. The van der Waals surface area contributed by atoms with Crippen molar-refractivity contribution in [2.75, 3.05) is 6.61 Å². The van der Waals surface area contributed by atoms with Crippen molar-refractivity contribution in [1.82, 2.24) is 5.32 Å². The number of carbonyl (C=O) groups is 1. The third kappa shape index (κ3) is 50.9. The summed E-state index contributed by atoms with van der Waals surface area (Å²) >= 11 is 0. The van der Waals surface area contributed by atoms with Crippen LogP contribution in [0.1, 0.15) is 290 Å². The minimum atomic E-state index is -0.870. The molecule has 0 heterocycles. The van der Waals surface area contributed by atoms with Crippen molar-refractivity contribution in [2.24, 2.45) is 0 Å². The number of carbonyl (C=O) groups excluding carboxylic acids is 1. The molecule has 0 saturated heterocycles. The van der Waals surface area contributed by atoms with Gasteiger partial charge in [0.1, 0.15) is 0 Å². The first-order valence-electron chi connectivity index (χ1n) is 28.0.